The molecule has 1 amide bonds. The summed E-state index contributed by atoms with van der Waals surface area (Å²) in [4.78, 5) is 17.7. The zero-order chi connectivity index (χ0) is 17.6. The molecular formula is C19H16Cl2N2OS. The van der Waals surface area contributed by atoms with E-state index in [1.165, 1.54) is 0 Å². The molecule has 0 radical (unpaired) electrons. The molecule has 0 saturated carbocycles. The minimum Gasteiger partial charge on any atom is -0.352 e. The molecule has 25 heavy (non-hydrogen) atoms. The maximum atomic E-state index is 12.2. The summed E-state index contributed by atoms with van der Waals surface area (Å²) in [5.74, 6) is -0.00736. The van der Waals surface area contributed by atoms with Crippen LogP contribution >= 0.6 is 34.5 Å². The number of halogens is 2. The Hall–Kier alpha value is -1.88. The first-order chi connectivity index (χ1) is 12.1. The van der Waals surface area contributed by atoms with E-state index in [0.29, 0.717) is 29.4 Å². The summed E-state index contributed by atoms with van der Waals surface area (Å²) in [6.45, 7) is 0.460. The molecule has 0 spiro atoms. The molecule has 3 rings (SSSR count). The second-order valence-electron chi connectivity index (χ2n) is 5.51. The van der Waals surface area contributed by atoms with Gasteiger partial charge < -0.3 is 5.32 Å². The molecule has 0 aliphatic rings. The first kappa shape index (κ1) is 17.9. The van der Waals surface area contributed by atoms with Crippen LogP contribution in [0.3, 0.4) is 0 Å². The smallest absolute Gasteiger partial charge is 0.220 e. The van der Waals surface area contributed by atoms with E-state index >= 15 is 0 Å². The monoisotopic (exact) mass is 390 g/mol. The highest BCUT2D eigenvalue weighted by molar-refractivity contribution is 7.13. The Morgan fingerprint density at radius 1 is 1.12 bits per heavy atom. The number of aromatic nitrogens is 1. The van der Waals surface area contributed by atoms with Gasteiger partial charge in [0.1, 0.15) is 0 Å². The molecule has 0 bridgehead atoms. The summed E-state index contributed by atoms with van der Waals surface area (Å²) in [5.41, 5.74) is 2.92. The van der Waals surface area contributed by atoms with Gasteiger partial charge in [-0.2, -0.15) is 0 Å². The highest BCUT2D eigenvalue weighted by Gasteiger charge is 2.09. The Morgan fingerprint density at radius 3 is 2.76 bits per heavy atom. The van der Waals surface area contributed by atoms with Crippen molar-refractivity contribution in [2.75, 3.05) is 0 Å². The lowest BCUT2D eigenvalue weighted by Gasteiger charge is -2.09. The Bertz CT molecular complexity index is 866. The SMILES string of the molecule is O=C(CCc1ccc(Cl)c(Cl)c1)NCc1cccnc1-c1cccs1. The summed E-state index contributed by atoms with van der Waals surface area (Å²) >= 11 is 13.5. The number of aryl methyl sites for hydroxylation is 1. The molecule has 3 aromatic rings. The quantitative estimate of drug-likeness (QED) is 0.614. The number of benzene rings is 1. The standard InChI is InChI=1S/C19H16Cl2N2OS/c20-15-7-5-13(11-16(15)21)6-8-18(24)23-12-14-3-1-9-22-19(14)17-4-2-10-25-17/h1-5,7,9-11H,6,8,12H2,(H,23,24). The van der Waals surface area contributed by atoms with Crippen molar-refractivity contribution in [3.63, 3.8) is 0 Å². The molecule has 2 heterocycles. The van der Waals surface area contributed by atoms with Crippen molar-refractivity contribution in [3.8, 4) is 10.6 Å². The fraction of sp³-hybridized carbons (Fsp3) is 0.158. The lowest BCUT2D eigenvalue weighted by atomic mass is 10.1. The minimum atomic E-state index is -0.00736. The van der Waals surface area contributed by atoms with Gasteiger partial charge in [-0.25, -0.2) is 0 Å². The molecule has 128 valence electrons. The normalized spacial score (nSPS) is 10.6. The van der Waals surface area contributed by atoms with E-state index in [1.807, 2.05) is 35.7 Å². The molecule has 0 aliphatic heterocycles. The third-order valence-corrected chi connectivity index (χ3v) is 5.36. The topological polar surface area (TPSA) is 42.0 Å². The van der Waals surface area contributed by atoms with Crippen molar-refractivity contribution in [2.45, 2.75) is 19.4 Å². The Morgan fingerprint density at radius 2 is 2.00 bits per heavy atom. The lowest BCUT2D eigenvalue weighted by Crippen LogP contribution is -2.23. The van der Waals surface area contributed by atoms with Crippen LogP contribution in [0, 0.1) is 0 Å². The van der Waals surface area contributed by atoms with E-state index < -0.39 is 0 Å². The van der Waals surface area contributed by atoms with Crippen LogP contribution in [0.5, 0.6) is 0 Å². The van der Waals surface area contributed by atoms with Gasteiger partial charge in [0.25, 0.3) is 0 Å². The van der Waals surface area contributed by atoms with Gasteiger partial charge in [0.05, 0.1) is 20.6 Å². The van der Waals surface area contributed by atoms with Crippen molar-refractivity contribution in [2.24, 2.45) is 0 Å². The number of pyridine rings is 1. The molecule has 0 unspecified atom stereocenters. The number of nitrogens with one attached hydrogen (secondary N) is 1. The Labute approximate surface area is 160 Å². The number of hydrogen-bond acceptors (Lipinski definition) is 3. The van der Waals surface area contributed by atoms with Gasteiger partial charge in [-0.15, -0.1) is 11.3 Å². The second kappa shape index (κ2) is 8.48. The predicted octanol–water partition coefficient (Wildman–Crippen LogP) is 5.37. The van der Waals surface area contributed by atoms with Crippen LogP contribution in [0.2, 0.25) is 10.0 Å². The molecule has 0 atom stereocenters. The van der Waals surface area contributed by atoms with Crippen LogP contribution in [0.25, 0.3) is 10.6 Å². The number of thiophene rings is 1. The van der Waals surface area contributed by atoms with Crippen molar-refractivity contribution < 1.29 is 4.79 Å². The maximum Gasteiger partial charge on any atom is 0.220 e. The van der Waals surface area contributed by atoms with Gasteiger partial charge in [0.2, 0.25) is 5.91 Å². The van der Waals surface area contributed by atoms with Crippen molar-refractivity contribution in [1.29, 1.82) is 0 Å². The Kier molecular flexibility index (Phi) is 6.08. The van der Waals surface area contributed by atoms with Crippen molar-refractivity contribution >= 4 is 40.4 Å². The summed E-state index contributed by atoms with van der Waals surface area (Å²) in [7, 11) is 0. The van der Waals surface area contributed by atoms with E-state index in [0.717, 1.165) is 21.7 Å². The molecule has 1 N–H and O–H groups in total. The number of nitrogens with zero attached hydrogens (tertiary/aromatic N) is 1. The zero-order valence-corrected chi connectivity index (χ0v) is 15.7. The molecule has 1 aromatic carbocycles. The zero-order valence-electron chi connectivity index (χ0n) is 13.3. The van der Waals surface area contributed by atoms with Crippen LogP contribution in [-0.2, 0) is 17.8 Å². The number of carbonyl (C=O) groups excluding carboxylic acids is 1. The average Bonchev–Trinajstić information content (AvgIpc) is 3.15. The van der Waals surface area contributed by atoms with Crippen molar-refractivity contribution in [1.82, 2.24) is 10.3 Å². The molecule has 2 aromatic heterocycles. The molecule has 0 saturated heterocycles. The third-order valence-electron chi connectivity index (χ3n) is 3.75. The highest BCUT2D eigenvalue weighted by Crippen LogP contribution is 2.26. The summed E-state index contributed by atoms with van der Waals surface area (Å²) in [6, 6.07) is 13.3. The van der Waals surface area contributed by atoms with Gasteiger partial charge in [0.15, 0.2) is 0 Å². The van der Waals surface area contributed by atoms with E-state index in [4.69, 9.17) is 23.2 Å². The third kappa shape index (κ3) is 4.82. The van der Waals surface area contributed by atoms with Crippen LogP contribution in [0.1, 0.15) is 17.5 Å². The molecule has 6 heteroatoms. The number of amides is 1. The fourth-order valence-corrected chi connectivity index (χ4v) is 3.53. The first-order valence-electron chi connectivity index (χ1n) is 7.82. The second-order valence-corrected chi connectivity index (χ2v) is 7.28. The van der Waals surface area contributed by atoms with Gasteiger partial charge >= 0.3 is 0 Å². The molecule has 0 fully saturated rings. The van der Waals surface area contributed by atoms with Crippen LogP contribution in [-0.4, -0.2) is 10.9 Å². The fourth-order valence-electron chi connectivity index (χ4n) is 2.45. The number of hydrogen-bond donors (Lipinski definition) is 1. The largest absolute Gasteiger partial charge is 0.352 e. The van der Waals surface area contributed by atoms with Gasteiger partial charge in [-0.3, -0.25) is 9.78 Å². The average molecular weight is 391 g/mol. The van der Waals surface area contributed by atoms with E-state index in [9.17, 15) is 4.79 Å². The van der Waals surface area contributed by atoms with Crippen molar-refractivity contribution in [3.05, 3.63) is 75.2 Å². The Balaban J connectivity index is 1.57. The predicted molar refractivity (Wildman–Crippen MR) is 104 cm³/mol. The van der Waals surface area contributed by atoms with Crippen LogP contribution in [0.15, 0.2) is 54.0 Å². The van der Waals surface area contributed by atoms with E-state index in [2.05, 4.69) is 10.3 Å². The van der Waals surface area contributed by atoms with Gasteiger partial charge in [0, 0.05) is 19.2 Å². The van der Waals surface area contributed by atoms with Crippen LogP contribution < -0.4 is 5.32 Å². The summed E-state index contributed by atoms with van der Waals surface area (Å²) in [6.07, 6.45) is 2.78. The minimum absolute atomic E-state index is 0.00736. The van der Waals surface area contributed by atoms with Gasteiger partial charge in [-0.1, -0.05) is 41.4 Å². The number of rotatable bonds is 6. The molecule has 3 nitrogen and oxygen atoms in total. The summed E-state index contributed by atoms with van der Waals surface area (Å²) < 4.78 is 0. The van der Waals surface area contributed by atoms with E-state index in [-0.39, 0.29) is 5.91 Å². The maximum absolute atomic E-state index is 12.2. The molecular weight excluding hydrogens is 375 g/mol. The highest BCUT2D eigenvalue weighted by atomic mass is 35.5. The summed E-state index contributed by atoms with van der Waals surface area (Å²) in [5, 5.41) is 6.01. The number of carbonyl (C=O) groups is 1. The van der Waals surface area contributed by atoms with E-state index in [1.54, 1.807) is 29.7 Å². The lowest BCUT2D eigenvalue weighted by molar-refractivity contribution is -0.121. The molecule has 0 aliphatic carbocycles. The van der Waals surface area contributed by atoms with Crippen LogP contribution in [0.4, 0.5) is 0 Å². The first-order valence-corrected chi connectivity index (χ1v) is 9.45. The van der Waals surface area contributed by atoms with Gasteiger partial charge in [-0.05, 0) is 47.2 Å².